The van der Waals surface area contributed by atoms with E-state index in [2.05, 4.69) is 24.4 Å². The van der Waals surface area contributed by atoms with Crippen LogP contribution in [0.5, 0.6) is 0 Å². The molecule has 19 heavy (non-hydrogen) atoms. The van der Waals surface area contributed by atoms with Crippen molar-refractivity contribution in [3.8, 4) is 0 Å². The normalized spacial score (nSPS) is 12.5. The Morgan fingerprint density at radius 3 is 2.74 bits per heavy atom. The van der Waals surface area contributed by atoms with Crippen LogP contribution in [0.1, 0.15) is 18.1 Å². The van der Waals surface area contributed by atoms with Crippen molar-refractivity contribution in [2.45, 2.75) is 19.8 Å². The summed E-state index contributed by atoms with van der Waals surface area (Å²) in [7, 11) is 0. The Hall–Kier alpha value is -1.25. The summed E-state index contributed by atoms with van der Waals surface area (Å²) in [5.74, 6) is 0.552. The first kappa shape index (κ1) is 14.2. The van der Waals surface area contributed by atoms with Gasteiger partial charge in [-0.2, -0.15) is 0 Å². The molecule has 0 fully saturated rings. The van der Waals surface area contributed by atoms with E-state index in [-0.39, 0.29) is 0 Å². The number of nitrogens with one attached hydrogen (secondary N) is 1. The van der Waals surface area contributed by atoms with Crippen LogP contribution >= 0.6 is 11.6 Å². The molecule has 1 atom stereocenters. The molecule has 3 heteroatoms. The minimum Gasteiger partial charge on any atom is -0.472 e. The van der Waals surface area contributed by atoms with Gasteiger partial charge in [0.05, 0.1) is 12.5 Å². The predicted octanol–water partition coefficient (Wildman–Crippen LogP) is 3.94. The molecule has 1 unspecified atom stereocenters. The SMILES string of the molecule is CCNCC(Cc1ccoc1)Cc1cccc(Cl)c1. The lowest BCUT2D eigenvalue weighted by Crippen LogP contribution is -2.25. The van der Waals surface area contributed by atoms with Crippen molar-refractivity contribution in [3.05, 3.63) is 59.0 Å². The number of halogens is 1. The Morgan fingerprint density at radius 1 is 1.21 bits per heavy atom. The van der Waals surface area contributed by atoms with Crippen molar-refractivity contribution in [1.29, 1.82) is 0 Å². The Labute approximate surface area is 119 Å². The highest BCUT2D eigenvalue weighted by molar-refractivity contribution is 6.30. The van der Waals surface area contributed by atoms with Crippen LogP contribution in [0.4, 0.5) is 0 Å². The van der Waals surface area contributed by atoms with Gasteiger partial charge in [-0.1, -0.05) is 30.7 Å². The lowest BCUT2D eigenvalue weighted by molar-refractivity contribution is 0.474. The molecule has 1 aromatic carbocycles. The third-order valence-corrected chi connectivity index (χ3v) is 3.44. The molecule has 102 valence electrons. The fourth-order valence-electron chi connectivity index (χ4n) is 2.30. The molecule has 0 aliphatic heterocycles. The van der Waals surface area contributed by atoms with Crippen molar-refractivity contribution in [1.82, 2.24) is 5.32 Å². The van der Waals surface area contributed by atoms with Gasteiger partial charge >= 0.3 is 0 Å². The predicted molar refractivity (Wildman–Crippen MR) is 79.6 cm³/mol. The highest BCUT2D eigenvalue weighted by Crippen LogP contribution is 2.17. The molecule has 0 saturated heterocycles. The van der Waals surface area contributed by atoms with Crippen LogP contribution in [0.15, 0.2) is 47.3 Å². The molecule has 0 aliphatic carbocycles. The molecule has 2 aromatic rings. The molecule has 2 rings (SSSR count). The Balaban J connectivity index is 2.00. The molecule has 2 nitrogen and oxygen atoms in total. The van der Waals surface area contributed by atoms with E-state index in [9.17, 15) is 0 Å². The van der Waals surface area contributed by atoms with Crippen LogP contribution in [-0.2, 0) is 12.8 Å². The fourth-order valence-corrected chi connectivity index (χ4v) is 2.52. The number of hydrogen-bond acceptors (Lipinski definition) is 2. The lowest BCUT2D eigenvalue weighted by Gasteiger charge is -2.16. The number of furan rings is 1. The van der Waals surface area contributed by atoms with E-state index in [0.29, 0.717) is 5.92 Å². The lowest BCUT2D eigenvalue weighted by atomic mass is 9.93. The van der Waals surface area contributed by atoms with E-state index in [1.165, 1.54) is 11.1 Å². The first-order valence-electron chi connectivity index (χ1n) is 6.74. The van der Waals surface area contributed by atoms with E-state index < -0.39 is 0 Å². The van der Waals surface area contributed by atoms with Crippen LogP contribution in [0.3, 0.4) is 0 Å². The fraction of sp³-hybridized carbons (Fsp3) is 0.375. The summed E-state index contributed by atoms with van der Waals surface area (Å²) in [5.41, 5.74) is 2.55. The maximum Gasteiger partial charge on any atom is 0.0934 e. The van der Waals surface area contributed by atoms with Crippen molar-refractivity contribution < 1.29 is 4.42 Å². The topological polar surface area (TPSA) is 25.2 Å². The number of hydrogen-bond donors (Lipinski definition) is 1. The molecular weight excluding hydrogens is 258 g/mol. The monoisotopic (exact) mass is 277 g/mol. The third kappa shape index (κ3) is 4.73. The molecular formula is C16H20ClNO. The molecule has 0 bridgehead atoms. The summed E-state index contributed by atoms with van der Waals surface area (Å²) >= 11 is 6.04. The van der Waals surface area contributed by atoms with Gasteiger partial charge in [0, 0.05) is 5.02 Å². The summed E-state index contributed by atoms with van der Waals surface area (Å²) in [4.78, 5) is 0. The maximum absolute atomic E-state index is 6.04. The molecule has 1 heterocycles. The highest BCUT2D eigenvalue weighted by atomic mass is 35.5. The van der Waals surface area contributed by atoms with Crippen LogP contribution < -0.4 is 5.32 Å². The van der Waals surface area contributed by atoms with Crippen LogP contribution in [-0.4, -0.2) is 13.1 Å². The maximum atomic E-state index is 6.04. The second-order valence-electron chi connectivity index (χ2n) is 4.84. The number of benzene rings is 1. The van der Waals surface area contributed by atoms with E-state index in [1.807, 2.05) is 24.5 Å². The molecule has 0 spiro atoms. The van der Waals surface area contributed by atoms with Crippen molar-refractivity contribution in [3.63, 3.8) is 0 Å². The molecule has 0 amide bonds. The van der Waals surface area contributed by atoms with E-state index >= 15 is 0 Å². The molecule has 0 radical (unpaired) electrons. The molecule has 0 saturated carbocycles. The Bertz CT molecular complexity index is 481. The van der Waals surface area contributed by atoms with Gasteiger partial charge in [-0.25, -0.2) is 0 Å². The van der Waals surface area contributed by atoms with Gasteiger partial charge in [0.25, 0.3) is 0 Å². The van der Waals surface area contributed by atoms with Gasteiger partial charge < -0.3 is 9.73 Å². The first-order chi connectivity index (χ1) is 9.28. The smallest absolute Gasteiger partial charge is 0.0934 e. The van der Waals surface area contributed by atoms with Gasteiger partial charge in [-0.05, 0) is 61.2 Å². The first-order valence-corrected chi connectivity index (χ1v) is 7.12. The minimum atomic E-state index is 0.552. The largest absolute Gasteiger partial charge is 0.472 e. The van der Waals surface area contributed by atoms with E-state index in [4.69, 9.17) is 16.0 Å². The Kier molecular flexibility index (Phi) is 5.49. The Morgan fingerprint density at radius 2 is 2.05 bits per heavy atom. The van der Waals surface area contributed by atoms with Crippen LogP contribution in [0.25, 0.3) is 0 Å². The van der Waals surface area contributed by atoms with Crippen LogP contribution in [0, 0.1) is 5.92 Å². The minimum absolute atomic E-state index is 0.552. The quantitative estimate of drug-likeness (QED) is 0.829. The molecule has 1 aromatic heterocycles. The standard InChI is InChI=1S/C16H20ClNO/c1-2-18-11-15(9-14-6-7-19-12-14)8-13-4-3-5-16(17)10-13/h3-7,10,12,15,18H,2,8-9,11H2,1H3. The van der Waals surface area contributed by atoms with E-state index in [1.54, 1.807) is 6.26 Å². The average molecular weight is 278 g/mol. The average Bonchev–Trinajstić information content (AvgIpc) is 2.89. The zero-order chi connectivity index (χ0) is 13.5. The third-order valence-electron chi connectivity index (χ3n) is 3.20. The molecule has 1 N–H and O–H groups in total. The molecule has 0 aliphatic rings. The second-order valence-corrected chi connectivity index (χ2v) is 5.28. The summed E-state index contributed by atoms with van der Waals surface area (Å²) < 4.78 is 5.15. The van der Waals surface area contributed by atoms with Gasteiger partial charge in [0.1, 0.15) is 0 Å². The van der Waals surface area contributed by atoms with Crippen molar-refractivity contribution in [2.24, 2.45) is 5.92 Å². The van der Waals surface area contributed by atoms with Crippen molar-refractivity contribution in [2.75, 3.05) is 13.1 Å². The van der Waals surface area contributed by atoms with Gasteiger partial charge in [0.15, 0.2) is 0 Å². The number of rotatable bonds is 7. The van der Waals surface area contributed by atoms with E-state index in [0.717, 1.165) is 31.0 Å². The summed E-state index contributed by atoms with van der Waals surface area (Å²) in [6, 6.07) is 10.2. The second kappa shape index (κ2) is 7.37. The van der Waals surface area contributed by atoms with Gasteiger partial charge in [-0.15, -0.1) is 0 Å². The van der Waals surface area contributed by atoms with Crippen LogP contribution in [0.2, 0.25) is 5.02 Å². The van der Waals surface area contributed by atoms with Gasteiger partial charge in [0.2, 0.25) is 0 Å². The van der Waals surface area contributed by atoms with Gasteiger partial charge in [-0.3, -0.25) is 0 Å². The zero-order valence-electron chi connectivity index (χ0n) is 11.2. The summed E-state index contributed by atoms with van der Waals surface area (Å²) in [5, 5.41) is 4.24. The highest BCUT2D eigenvalue weighted by Gasteiger charge is 2.11. The van der Waals surface area contributed by atoms with Crippen molar-refractivity contribution >= 4 is 11.6 Å². The zero-order valence-corrected chi connectivity index (χ0v) is 12.0. The summed E-state index contributed by atoms with van der Waals surface area (Å²) in [6.45, 7) is 4.14. The summed E-state index contributed by atoms with van der Waals surface area (Å²) in [6.07, 6.45) is 5.62.